The van der Waals surface area contributed by atoms with Crippen LogP contribution in [0.1, 0.15) is 47.1 Å². The van der Waals surface area contributed by atoms with E-state index in [1.165, 1.54) is 12.8 Å². The van der Waals surface area contributed by atoms with Crippen molar-refractivity contribution in [2.24, 2.45) is 0 Å². The Morgan fingerprint density at radius 1 is 1.41 bits per heavy atom. The zero-order chi connectivity index (χ0) is 15.5. The monoisotopic (exact) mass is 322 g/mol. The Morgan fingerprint density at radius 3 is 2.86 bits per heavy atom. The van der Waals surface area contributed by atoms with Gasteiger partial charge < -0.3 is 15.1 Å². The minimum atomic E-state index is 0.0841. The Kier molecular flexibility index (Phi) is 5.10. The smallest absolute Gasteiger partial charge is 0.273 e. The number of amides is 1. The summed E-state index contributed by atoms with van der Waals surface area (Å²) in [6.45, 7) is 4.23. The van der Waals surface area contributed by atoms with Crippen LogP contribution in [0.4, 0.5) is 0 Å². The normalized spacial score (nSPS) is 24.4. The first kappa shape index (κ1) is 15.9. The Bertz CT molecular complexity index is 504. The van der Waals surface area contributed by atoms with Gasteiger partial charge in [-0.3, -0.25) is 4.79 Å². The fourth-order valence-corrected chi connectivity index (χ4v) is 4.30. The molecule has 3 rings (SSSR count). The largest absolute Gasteiger partial charge is 0.337 e. The van der Waals surface area contributed by atoms with E-state index in [4.69, 9.17) is 0 Å². The molecule has 0 radical (unpaired) electrons. The predicted octanol–water partition coefficient (Wildman–Crippen LogP) is 1.78. The number of hydrogen-bond acceptors (Lipinski definition) is 5. The van der Waals surface area contributed by atoms with Crippen LogP contribution in [0, 0.1) is 0 Å². The Labute approximate surface area is 136 Å². The number of likely N-dealkylation sites (tertiary alicyclic amines) is 1. The van der Waals surface area contributed by atoms with Crippen LogP contribution in [0.15, 0.2) is 5.38 Å². The number of rotatable bonds is 3. The highest BCUT2D eigenvalue weighted by molar-refractivity contribution is 7.09. The zero-order valence-corrected chi connectivity index (χ0v) is 14.4. The van der Waals surface area contributed by atoms with Crippen molar-refractivity contribution in [2.45, 2.75) is 37.6 Å². The van der Waals surface area contributed by atoms with Gasteiger partial charge in [0.05, 0.1) is 5.01 Å². The summed E-state index contributed by atoms with van der Waals surface area (Å²) < 4.78 is 0. The summed E-state index contributed by atoms with van der Waals surface area (Å²) >= 11 is 1.64. The lowest BCUT2D eigenvalue weighted by atomic mass is 10.0. The van der Waals surface area contributed by atoms with Gasteiger partial charge in [0, 0.05) is 30.9 Å². The van der Waals surface area contributed by atoms with Gasteiger partial charge in [0.25, 0.3) is 5.91 Å². The van der Waals surface area contributed by atoms with E-state index in [9.17, 15) is 4.79 Å². The average Bonchev–Trinajstić information content (AvgIpc) is 3.05. The number of carbonyl (C=O) groups excluding carboxylic acids is 1. The second-order valence-electron chi connectivity index (χ2n) is 6.56. The van der Waals surface area contributed by atoms with Gasteiger partial charge in [0.2, 0.25) is 0 Å². The first-order chi connectivity index (χ1) is 10.6. The molecule has 1 amide bonds. The van der Waals surface area contributed by atoms with Crippen molar-refractivity contribution in [3.05, 3.63) is 16.1 Å². The number of carbonyl (C=O) groups is 1. The van der Waals surface area contributed by atoms with Crippen molar-refractivity contribution in [1.82, 2.24) is 20.1 Å². The average molecular weight is 322 g/mol. The van der Waals surface area contributed by atoms with E-state index in [-0.39, 0.29) is 5.91 Å². The highest BCUT2D eigenvalue weighted by atomic mass is 32.1. The van der Waals surface area contributed by atoms with Gasteiger partial charge in [-0.1, -0.05) is 0 Å². The van der Waals surface area contributed by atoms with E-state index in [2.05, 4.69) is 22.2 Å². The molecule has 0 aliphatic carbocycles. The molecule has 22 heavy (non-hydrogen) atoms. The molecule has 5 nitrogen and oxygen atoms in total. The molecule has 0 saturated carbocycles. The summed E-state index contributed by atoms with van der Waals surface area (Å²) in [5.41, 5.74) is 0.631. The SMILES string of the molecule is CN1CCC(N(C)C(=O)c2csc(C3CCCNC3)n2)CC1. The molecule has 0 bridgehead atoms. The van der Waals surface area contributed by atoms with Gasteiger partial charge in [-0.2, -0.15) is 0 Å². The minimum Gasteiger partial charge on any atom is -0.337 e. The van der Waals surface area contributed by atoms with E-state index in [1.54, 1.807) is 11.3 Å². The summed E-state index contributed by atoms with van der Waals surface area (Å²) in [4.78, 5) is 21.5. The standard InChI is InChI=1S/C16H26N4OS/c1-19-8-5-13(6-9-19)20(2)16(21)14-11-22-15(18-14)12-4-3-7-17-10-12/h11-13,17H,3-10H2,1-2H3. The second kappa shape index (κ2) is 7.06. The van der Waals surface area contributed by atoms with E-state index < -0.39 is 0 Å². The molecule has 2 fully saturated rings. The molecule has 1 atom stereocenters. The number of aromatic nitrogens is 1. The number of thiazole rings is 1. The molecule has 2 saturated heterocycles. The Hall–Kier alpha value is -0.980. The van der Waals surface area contributed by atoms with Crippen molar-refractivity contribution in [1.29, 1.82) is 0 Å². The van der Waals surface area contributed by atoms with Crippen LogP contribution in [0.5, 0.6) is 0 Å². The van der Waals surface area contributed by atoms with Crippen molar-refractivity contribution >= 4 is 17.2 Å². The minimum absolute atomic E-state index is 0.0841. The quantitative estimate of drug-likeness (QED) is 0.921. The fraction of sp³-hybridized carbons (Fsp3) is 0.750. The zero-order valence-electron chi connectivity index (χ0n) is 13.5. The molecule has 2 aliphatic rings. The van der Waals surface area contributed by atoms with Gasteiger partial charge >= 0.3 is 0 Å². The summed E-state index contributed by atoms with van der Waals surface area (Å²) in [6.07, 6.45) is 4.49. The van der Waals surface area contributed by atoms with Crippen LogP contribution in [0.25, 0.3) is 0 Å². The number of nitrogens with one attached hydrogen (secondary N) is 1. The molecule has 1 aromatic rings. The third-order valence-electron chi connectivity index (χ3n) is 4.94. The molecule has 1 aromatic heterocycles. The van der Waals surface area contributed by atoms with Crippen molar-refractivity contribution in [3.63, 3.8) is 0 Å². The van der Waals surface area contributed by atoms with Crippen LogP contribution >= 0.6 is 11.3 Å². The number of piperidine rings is 2. The molecule has 0 spiro atoms. The van der Waals surface area contributed by atoms with Crippen LogP contribution < -0.4 is 5.32 Å². The Balaban J connectivity index is 1.63. The van der Waals surface area contributed by atoms with Crippen molar-refractivity contribution in [2.75, 3.05) is 40.3 Å². The third kappa shape index (κ3) is 3.50. The first-order valence-corrected chi connectivity index (χ1v) is 9.15. The van der Waals surface area contributed by atoms with Gasteiger partial charge in [-0.15, -0.1) is 11.3 Å². The maximum Gasteiger partial charge on any atom is 0.273 e. The van der Waals surface area contributed by atoms with Gasteiger partial charge in [0.1, 0.15) is 5.69 Å². The molecular formula is C16H26N4OS. The number of hydrogen-bond donors (Lipinski definition) is 1. The molecular weight excluding hydrogens is 296 g/mol. The van der Waals surface area contributed by atoms with Crippen LogP contribution in [0.2, 0.25) is 0 Å². The molecule has 6 heteroatoms. The second-order valence-corrected chi connectivity index (χ2v) is 7.45. The van der Waals surface area contributed by atoms with Gasteiger partial charge in [0.15, 0.2) is 0 Å². The molecule has 2 aliphatic heterocycles. The number of nitrogens with zero attached hydrogens (tertiary/aromatic N) is 3. The summed E-state index contributed by atoms with van der Waals surface area (Å²) in [5.74, 6) is 0.565. The lowest BCUT2D eigenvalue weighted by molar-refractivity contribution is 0.0654. The summed E-state index contributed by atoms with van der Waals surface area (Å²) in [5, 5.41) is 6.48. The lowest BCUT2D eigenvalue weighted by Crippen LogP contribution is -2.44. The topological polar surface area (TPSA) is 48.5 Å². The summed E-state index contributed by atoms with van der Waals surface area (Å²) in [6, 6.07) is 0.352. The first-order valence-electron chi connectivity index (χ1n) is 8.27. The molecule has 1 unspecified atom stereocenters. The highest BCUT2D eigenvalue weighted by Gasteiger charge is 2.27. The van der Waals surface area contributed by atoms with Crippen molar-refractivity contribution < 1.29 is 4.79 Å². The maximum atomic E-state index is 12.7. The van der Waals surface area contributed by atoms with Crippen LogP contribution in [-0.2, 0) is 0 Å². The molecule has 122 valence electrons. The van der Waals surface area contributed by atoms with Crippen molar-refractivity contribution in [3.8, 4) is 0 Å². The Morgan fingerprint density at radius 2 is 2.18 bits per heavy atom. The van der Waals surface area contributed by atoms with E-state index in [0.717, 1.165) is 44.0 Å². The third-order valence-corrected chi connectivity index (χ3v) is 5.95. The highest BCUT2D eigenvalue weighted by Crippen LogP contribution is 2.27. The molecule has 3 heterocycles. The summed E-state index contributed by atoms with van der Waals surface area (Å²) in [7, 11) is 4.07. The fourth-order valence-electron chi connectivity index (χ4n) is 3.36. The van der Waals surface area contributed by atoms with E-state index in [1.807, 2.05) is 17.3 Å². The predicted molar refractivity (Wildman–Crippen MR) is 89.6 cm³/mol. The lowest BCUT2D eigenvalue weighted by Gasteiger charge is -2.34. The van der Waals surface area contributed by atoms with Crippen LogP contribution in [0.3, 0.4) is 0 Å². The van der Waals surface area contributed by atoms with E-state index in [0.29, 0.717) is 17.7 Å². The van der Waals surface area contributed by atoms with E-state index >= 15 is 0 Å². The molecule has 1 N–H and O–H groups in total. The molecule has 0 aromatic carbocycles. The maximum absolute atomic E-state index is 12.7. The van der Waals surface area contributed by atoms with Gasteiger partial charge in [-0.25, -0.2) is 4.98 Å². The van der Waals surface area contributed by atoms with Gasteiger partial charge in [-0.05, 0) is 52.4 Å². The van der Waals surface area contributed by atoms with Crippen LogP contribution in [-0.4, -0.2) is 67.0 Å².